The van der Waals surface area contributed by atoms with Crippen molar-refractivity contribution >= 4 is 27.3 Å². The molecule has 28 heavy (non-hydrogen) atoms. The van der Waals surface area contributed by atoms with Crippen LogP contribution in [0.15, 0.2) is 29.2 Å². The van der Waals surface area contributed by atoms with Crippen LogP contribution in [0, 0.1) is 15.5 Å². The molecule has 0 aliphatic heterocycles. The molecule has 0 bridgehead atoms. The zero-order chi connectivity index (χ0) is 20.5. The third-order valence-corrected chi connectivity index (χ3v) is 6.60. The molecule has 8 nitrogen and oxygen atoms in total. The van der Waals surface area contributed by atoms with Gasteiger partial charge in [-0.05, 0) is 30.7 Å². The average Bonchev–Trinajstić information content (AvgIpc) is 2.62. The second-order valence-electron chi connectivity index (χ2n) is 7.57. The van der Waals surface area contributed by atoms with Crippen molar-refractivity contribution in [1.29, 1.82) is 0 Å². The van der Waals surface area contributed by atoms with Crippen LogP contribution in [0.5, 0.6) is 0 Å². The van der Waals surface area contributed by atoms with E-state index in [0.717, 1.165) is 36.6 Å². The molecule has 1 N–H and O–H groups in total. The van der Waals surface area contributed by atoms with Gasteiger partial charge in [-0.25, -0.2) is 23.1 Å². The molecule has 0 saturated heterocycles. The Morgan fingerprint density at radius 1 is 1.29 bits per heavy atom. The van der Waals surface area contributed by atoms with E-state index in [-0.39, 0.29) is 23.3 Å². The van der Waals surface area contributed by atoms with Gasteiger partial charge in [0.05, 0.1) is 4.92 Å². The third-order valence-electron chi connectivity index (χ3n) is 4.77. The van der Waals surface area contributed by atoms with Gasteiger partial charge in [0.1, 0.15) is 11.0 Å². The Morgan fingerprint density at radius 3 is 2.71 bits per heavy atom. The molecular weight excluding hydrogens is 404 g/mol. The summed E-state index contributed by atoms with van der Waals surface area (Å²) in [4.78, 5) is 18.8. The summed E-state index contributed by atoms with van der Waals surface area (Å²) in [5.74, 6) is 0.453. The maximum absolute atomic E-state index is 12.4. The Labute approximate surface area is 168 Å². The number of fused-ring (bicyclic) bond motifs is 1. The highest BCUT2D eigenvalue weighted by atomic mass is 35.5. The van der Waals surface area contributed by atoms with Crippen LogP contribution in [0.25, 0.3) is 0 Å². The molecular formula is C18H21ClN4O4S. The fourth-order valence-corrected chi connectivity index (χ4v) is 4.75. The van der Waals surface area contributed by atoms with Crippen molar-refractivity contribution in [1.82, 2.24) is 14.7 Å². The lowest BCUT2D eigenvalue weighted by Crippen LogP contribution is -2.28. The van der Waals surface area contributed by atoms with Gasteiger partial charge in [-0.1, -0.05) is 37.6 Å². The smallest absolute Gasteiger partial charge is 0.258 e. The number of nitrogens with one attached hydrogen (secondary N) is 1. The predicted octanol–water partition coefficient (Wildman–Crippen LogP) is 3.07. The summed E-state index contributed by atoms with van der Waals surface area (Å²) in [7, 11) is -4.03. The summed E-state index contributed by atoms with van der Waals surface area (Å²) < 4.78 is 27.2. The molecule has 0 unspecified atom stereocenters. The molecule has 1 aromatic carbocycles. The number of aryl methyl sites for hydroxylation is 1. The highest BCUT2D eigenvalue weighted by molar-refractivity contribution is 7.89. The largest absolute Gasteiger partial charge is 0.289 e. The Balaban J connectivity index is 1.72. The van der Waals surface area contributed by atoms with E-state index in [1.54, 1.807) is 0 Å². The molecule has 2 aromatic rings. The maximum atomic E-state index is 12.4. The second-order valence-corrected chi connectivity index (χ2v) is 9.66. The van der Waals surface area contributed by atoms with Crippen LogP contribution in [-0.2, 0) is 29.3 Å². The van der Waals surface area contributed by atoms with Crippen LogP contribution < -0.4 is 4.72 Å². The van der Waals surface area contributed by atoms with Gasteiger partial charge >= 0.3 is 0 Å². The standard InChI is InChI=1S/C18H21ClN4O4S/c1-18(2)9-7-13-12(11-18)17(19)22-16(21-13)8-10-20-28(26,27)15-6-4-3-5-14(15)23(24)25/h3-6,20H,7-11H2,1-2H3. The van der Waals surface area contributed by atoms with Crippen LogP contribution in [0.2, 0.25) is 5.15 Å². The zero-order valence-electron chi connectivity index (χ0n) is 15.6. The SMILES string of the molecule is CC1(C)CCc2nc(CCNS(=O)(=O)c3ccccc3[N+](=O)[O-])nc(Cl)c2C1. The fourth-order valence-electron chi connectivity index (χ4n) is 3.28. The van der Waals surface area contributed by atoms with Crippen LogP contribution in [0.1, 0.15) is 37.4 Å². The molecule has 1 aliphatic carbocycles. The van der Waals surface area contributed by atoms with E-state index in [1.807, 2.05) is 0 Å². The van der Waals surface area contributed by atoms with E-state index in [2.05, 4.69) is 28.5 Å². The lowest BCUT2D eigenvalue weighted by Gasteiger charge is -2.31. The van der Waals surface area contributed by atoms with Gasteiger partial charge in [0.15, 0.2) is 4.90 Å². The molecule has 150 valence electrons. The van der Waals surface area contributed by atoms with E-state index in [4.69, 9.17) is 11.6 Å². The van der Waals surface area contributed by atoms with Crippen molar-refractivity contribution < 1.29 is 13.3 Å². The minimum absolute atomic E-state index is 0.00892. The molecule has 0 amide bonds. The van der Waals surface area contributed by atoms with Gasteiger partial charge in [0.2, 0.25) is 10.0 Å². The molecule has 10 heteroatoms. The van der Waals surface area contributed by atoms with Gasteiger partial charge < -0.3 is 0 Å². The number of hydrogen-bond donors (Lipinski definition) is 1. The highest BCUT2D eigenvalue weighted by Crippen LogP contribution is 2.36. The number of halogens is 1. The van der Waals surface area contributed by atoms with E-state index < -0.39 is 20.6 Å². The minimum Gasteiger partial charge on any atom is -0.258 e. The maximum Gasteiger partial charge on any atom is 0.289 e. The predicted molar refractivity (Wildman–Crippen MR) is 105 cm³/mol. The Hall–Kier alpha value is -2.10. The molecule has 3 rings (SSSR count). The number of nitrogens with zero attached hydrogens (tertiary/aromatic N) is 3. The first-order valence-corrected chi connectivity index (χ1v) is 10.7. The third kappa shape index (κ3) is 4.48. The molecule has 0 fully saturated rings. The van der Waals surface area contributed by atoms with Crippen LogP contribution in [-0.4, -0.2) is 29.9 Å². The Kier molecular flexibility index (Phi) is 5.69. The van der Waals surface area contributed by atoms with E-state index >= 15 is 0 Å². The monoisotopic (exact) mass is 424 g/mol. The number of rotatable bonds is 6. The number of nitro benzene ring substituents is 1. The highest BCUT2D eigenvalue weighted by Gasteiger charge is 2.29. The van der Waals surface area contributed by atoms with Crippen molar-refractivity contribution in [2.45, 2.75) is 44.4 Å². The molecule has 1 heterocycles. The lowest BCUT2D eigenvalue weighted by atomic mass is 9.76. The van der Waals surface area contributed by atoms with Crippen molar-refractivity contribution in [2.24, 2.45) is 5.41 Å². The summed E-state index contributed by atoms with van der Waals surface area (Å²) in [5, 5.41) is 11.5. The zero-order valence-corrected chi connectivity index (χ0v) is 17.2. The first-order chi connectivity index (χ1) is 13.1. The summed E-state index contributed by atoms with van der Waals surface area (Å²) in [6.07, 6.45) is 2.85. The Bertz CT molecular complexity index is 1020. The van der Waals surface area contributed by atoms with Crippen LogP contribution in [0.3, 0.4) is 0 Å². The van der Waals surface area contributed by atoms with Crippen LogP contribution >= 0.6 is 11.6 Å². The van der Waals surface area contributed by atoms with Gasteiger partial charge in [-0.2, -0.15) is 0 Å². The van der Waals surface area contributed by atoms with Crippen molar-refractivity contribution in [3.63, 3.8) is 0 Å². The topological polar surface area (TPSA) is 115 Å². The van der Waals surface area contributed by atoms with Crippen molar-refractivity contribution in [3.8, 4) is 0 Å². The summed E-state index contributed by atoms with van der Waals surface area (Å²) in [6.45, 7) is 4.37. The summed E-state index contributed by atoms with van der Waals surface area (Å²) >= 11 is 6.33. The normalized spacial score (nSPS) is 15.8. The fraction of sp³-hybridized carbons (Fsp3) is 0.444. The molecule has 1 aromatic heterocycles. The average molecular weight is 425 g/mol. The minimum atomic E-state index is -4.03. The van der Waals surface area contributed by atoms with Gasteiger partial charge in [0.25, 0.3) is 5.69 Å². The van der Waals surface area contributed by atoms with Gasteiger partial charge in [0, 0.05) is 30.3 Å². The molecule has 0 saturated carbocycles. The number of para-hydroxylation sites is 1. The van der Waals surface area contributed by atoms with Crippen molar-refractivity contribution in [3.05, 3.63) is 56.6 Å². The molecule has 0 atom stereocenters. The van der Waals surface area contributed by atoms with E-state index in [9.17, 15) is 18.5 Å². The molecule has 1 aliphatic rings. The number of aromatic nitrogens is 2. The van der Waals surface area contributed by atoms with Gasteiger partial charge in [-0.3, -0.25) is 10.1 Å². The lowest BCUT2D eigenvalue weighted by molar-refractivity contribution is -0.387. The molecule has 0 radical (unpaired) electrons. The number of benzene rings is 1. The summed E-state index contributed by atoms with van der Waals surface area (Å²) in [6, 6.07) is 5.22. The van der Waals surface area contributed by atoms with Crippen molar-refractivity contribution in [2.75, 3.05) is 6.54 Å². The van der Waals surface area contributed by atoms with Crippen LogP contribution in [0.4, 0.5) is 5.69 Å². The number of hydrogen-bond acceptors (Lipinski definition) is 6. The quantitative estimate of drug-likeness (QED) is 0.433. The number of nitro groups is 1. The first kappa shape index (κ1) is 20.6. The van der Waals surface area contributed by atoms with E-state index in [0.29, 0.717) is 11.0 Å². The number of sulfonamides is 1. The van der Waals surface area contributed by atoms with E-state index in [1.165, 1.54) is 18.2 Å². The molecule has 0 spiro atoms. The summed E-state index contributed by atoms with van der Waals surface area (Å²) in [5.41, 5.74) is 1.56. The first-order valence-electron chi connectivity index (χ1n) is 8.86. The van der Waals surface area contributed by atoms with Gasteiger partial charge in [-0.15, -0.1) is 0 Å². The second kappa shape index (κ2) is 7.73. The Morgan fingerprint density at radius 2 is 2.00 bits per heavy atom.